The number of aryl methyl sites for hydroxylation is 1. The van der Waals surface area contributed by atoms with Crippen LogP contribution in [0.2, 0.25) is 0 Å². The molecule has 0 spiro atoms. The quantitative estimate of drug-likeness (QED) is 0.640. The van der Waals surface area contributed by atoms with Crippen molar-refractivity contribution in [2.45, 2.75) is 25.9 Å². The maximum Gasteiger partial charge on any atom is 0.326 e. The third-order valence-electron chi connectivity index (χ3n) is 1.97. The van der Waals surface area contributed by atoms with Gasteiger partial charge < -0.3 is 5.11 Å². The molecule has 0 amide bonds. The van der Waals surface area contributed by atoms with Crippen LogP contribution in [-0.4, -0.2) is 35.3 Å². The van der Waals surface area contributed by atoms with Gasteiger partial charge in [-0.25, -0.2) is 0 Å². The summed E-state index contributed by atoms with van der Waals surface area (Å²) in [5, 5.41) is 12.9. The lowest BCUT2D eigenvalue weighted by atomic mass is 10.2. The van der Waals surface area contributed by atoms with Crippen LogP contribution in [0, 0.1) is 0 Å². The first kappa shape index (κ1) is 14.6. The lowest BCUT2D eigenvalue weighted by Gasteiger charge is -2.15. The summed E-state index contributed by atoms with van der Waals surface area (Å²) in [5.74, 6) is -1.29. The summed E-state index contributed by atoms with van der Waals surface area (Å²) in [5.41, 5.74) is 0.263. The fraction of sp³-hybridized carbons (Fsp3) is 0.556. The molecule has 0 aliphatic heterocycles. The maximum atomic E-state index is 11.6. The van der Waals surface area contributed by atoms with Gasteiger partial charge >= 0.3 is 5.97 Å². The van der Waals surface area contributed by atoms with E-state index in [0.717, 1.165) is 0 Å². The van der Waals surface area contributed by atoms with Crippen molar-refractivity contribution < 1.29 is 18.3 Å². The van der Waals surface area contributed by atoms with Crippen LogP contribution in [0.3, 0.4) is 0 Å². The molecule has 0 radical (unpaired) electrons. The van der Waals surface area contributed by atoms with Gasteiger partial charge in [0, 0.05) is 24.8 Å². The summed E-state index contributed by atoms with van der Waals surface area (Å²) in [6.45, 7) is 3.28. The number of aromatic nitrogens is 2. The van der Waals surface area contributed by atoms with Crippen LogP contribution in [0.5, 0.6) is 0 Å². The molecule has 1 rings (SSSR count). The largest absolute Gasteiger partial charge is 0.480 e. The van der Waals surface area contributed by atoms with Crippen LogP contribution in [-0.2, 0) is 22.1 Å². The van der Waals surface area contributed by atoms with E-state index in [1.54, 1.807) is 20.9 Å². The molecule has 1 heterocycles. The summed E-state index contributed by atoms with van der Waals surface area (Å²) < 4.78 is 29.0. The lowest BCUT2D eigenvalue weighted by Crippen LogP contribution is -2.44. The Hall–Kier alpha value is -1.45. The molecule has 8 nitrogen and oxygen atoms in total. The molecule has 0 aliphatic rings. The standard InChI is InChI=1S/C9H16N4O4S/c1-6(2)11-18(16,17)12-8(9(14)15)7-4-10-13(3)5-7/h4-6,8,11-12H,1-3H3,(H,14,15). The van der Waals surface area contributed by atoms with E-state index in [2.05, 4.69) is 14.5 Å². The van der Waals surface area contributed by atoms with Crippen LogP contribution in [0.15, 0.2) is 12.4 Å². The number of nitrogens with one attached hydrogen (secondary N) is 2. The van der Waals surface area contributed by atoms with Crippen molar-refractivity contribution in [1.82, 2.24) is 19.2 Å². The summed E-state index contributed by atoms with van der Waals surface area (Å²) in [6, 6.07) is -1.69. The van der Waals surface area contributed by atoms with E-state index in [0.29, 0.717) is 0 Å². The van der Waals surface area contributed by atoms with Gasteiger partial charge in [-0.2, -0.15) is 23.0 Å². The Labute approximate surface area is 105 Å². The van der Waals surface area contributed by atoms with Crippen molar-refractivity contribution in [3.05, 3.63) is 18.0 Å². The van der Waals surface area contributed by atoms with Gasteiger partial charge in [-0.1, -0.05) is 0 Å². The molecule has 1 unspecified atom stereocenters. The van der Waals surface area contributed by atoms with E-state index in [9.17, 15) is 13.2 Å². The number of aliphatic carboxylic acids is 1. The van der Waals surface area contributed by atoms with E-state index < -0.39 is 22.2 Å². The average molecular weight is 276 g/mol. The topological polar surface area (TPSA) is 113 Å². The fourth-order valence-corrected chi connectivity index (χ4v) is 2.59. The Bertz CT molecular complexity index is 522. The van der Waals surface area contributed by atoms with Gasteiger partial charge in [0.15, 0.2) is 0 Å². The van der Waals surface area contributed by atoms with Gasteiger partial charge in [-0.05, 0) is 13.8 Å². The molecule has 3 N–H and O–H groups in total. The SMILES string of the molecule is CC(C)NS(=O)(=O)NC(C(=O)O)c1cnn(C)c1. The third-order valence-corrected chi connectivity index (χ3v) is 3.30. The molecule has 1 aromatic rings. The van der Waals surface area contributed by atoms with Crippen molar-refractivity contribution in [2.24, 2.45) is 7.05 Å². The molecule has 0 fully saturated rings. The molecule has 0 saturated heterocycles. The average Bonchev–Trinajstić information content (AvgIpc) is 2.58. The number of carbonyl (C=O) groups is 1. The van der Waals surface area contributed by atoms with Crippen LogP contribution in [0.1, 0.15) is 25.5 Å². The lowest BCUT2D eigenvalue weighted by molar-refractivity contribution is -0.139. The number of nitrogens with zero attached hydrogens (tertiary/aromatic N) is 2. The van der Waals surface area contributed by atoms with Crippen LogP contribution >= 0.6 is 0 Å². The van der Waals surface area contributed by atoms with Crippen LogP contribution in [0.4, 0.5) is 0 Å². The molecular formula is C9H16N4O4S. The number of rotatable bonds is 6. The number of hydrogen-bond acceptors (Lipinski definition) is 4. The second kappa shape index (κ2) is 5.46. The predicted octanol–water partition coefficient (Wildman–Crippen LogP) is -0.622. The van der Waals surface area contributed by atoms with Crippen molar-refractivity contribution >= 4 is 16.2 Å². The Morgan fingerprint density at radius 1 is 1.44 bits per heavy atom. The molecule has 0 aromatic carbocycles. The van der Waals surface area contributed by atoms with E-state index in [4.69, 9.17) is 5.11 Å². The highest BCUT2D eigenvalue weighted by Crippen LogP contribution is 2.12. The third kappa shape index (κ3) is 4.09. The van der Waals surface area contributed by atoms with Gasteiger partial charge in [0.2, 0.25) is 0 Å². The predicted molar refractivity (Wildman–Crippen MR) is 63.9 cm³/mol. The zero-order chi connectivity index (χ0) is 13.9. The van der Waals surface area contributed by atoms with E-state index in [-0.39, 0.29) is 11.6 Å². The second-order valence-electron chi connectivity index (χ2n) is 4.11. The minimum atomic E-state index is -3.88. The van der Waals surface area contributed by atoms with E-state index in [1.807, 2.05) is 0 Å². The summed E-state index contributed by atoms with van der Waals surface area (Å²) in [4.78, 5) is 11.1. The van der Waals surface area contributed by atoms with Gasteiger partial charge in [0.25, 0.3) is 10.2 Å². The van der Waals surface area contributed by atoms with Gasteiger partial charge in [0.1, 0.15) is 6.04 Å². The molecule has 9 heteroatoms. The zero-order valence-electron chi connectivity index (χ0n) is 10.3. The van der Waals surface area contributed by atoms with Crippen LogP contribution < -0.4 is 9.44 Å². The molecule has 1 atom stereocenters. The second-order valence-corrected chi connectivity index (χ2v) is 5.59. The van der Waals surface area contributed by atoms with Crippen LogP contribution in [0.25, 0.3) is 0 Å². The zero-order valence-corrected chi connectivity index (χ0v) is 11.1. The van der Waals surface area contributed by atoms with E-state index >= 15 is 0 Å². The smallest absolute Gasteiger partial charge is 0.326 e. The van der Waals surface area contributed by atoms with Crippen molar-refractivity contribution in [2.75, 3.05) is 0 Å². The highest BCUT2D eigenvalue weighted by atomic mass is 32.2. The summed E-state index contributed by atoms with van der Waals surface area (Å²) in [7, 11) is -2.27. The summed E-state index contributed by atoms with van der Waals surface area (Å²) >= 11 is 0. The Morgan fingerprint density at radius 2 is 2.06 bits per heavy atom. The molecular weight excluding hydrogens is 260 g/mol. The fourth-order valence-electron chi connectivity index (χ4n) is 1.35. The monoisotopic (exact) mass is 276 g/mol. The van der Waals surface area contributed by atoms with Crippen molar-refractivity contribution in [3.8, 4) is 0 Å². The van der Waals surface area contributed by atoms with Gasteiger partial charge in [-0.15, -0.1) is 0 Å². The summed E-state index contributed by atoms with van der Waals surface area (Å²) in [6.07, 6.45) is 2.74. The molecule has 0 saturated carbocycles. The number of hydrogen-bond donors (Lipinski definition) is 3. The minimum Gasteiger partial charge on any atom is -0.480 e. The molecule has 0 bridgehead atoms. The molecule has 0 aliphatic carbocycles. The molecule has 1 aromatic heterocycles. The van der Waals surface area contributed by atoms with Gasteiger partial charge in [0.05, 0.1) is 6.20 Å². The number of carboxylic acid groups (broad SMARTS) is 1. The molecule has 102 valence electrons. The Balaban J connectivity index is 2.92. The maximum absolute atomic E-state index is 11.6. The highest BCUT2D eigenvalue weighted by molar-refractivity contribution is 7.87. The highest BCUT2D eigenvalue weighted by Gasteiger charge is 2.27. The minimum absolute atomic E-state index is 0.263. The normalized spacial score (nSPS) is 13.8. The number of carboxylic acids is 1. The van der Waals surface area contributed by atoms with Gasteiger partial charge in [-0.3, -0.25) is 9.48 Å². The molecule has 18 heavy (non-hydrogen) atoms. The van der Waals surface area contributed by atoms with Crippen molar-refractivity contribution in [3.63, 3.8) is 0 Å². The first-order valence-electron chi connectivity index (χ1n) is 5.22. The van der Waals surface area contributed by atoms with Crippen molar-refractivity contribution in [1.29, 1.82) is 0 Å². The Morgan fingerprint density at radius 3 is 2.44 bits per heavy atom. The Kier molecular flexibility index (Phi) is 4.43. The first-order valence-corrected chi connectivity index (χ1v) is 6.70. The van der Waals surface area contributed by atoms with E-state index in [1.165, 1.54) is 17.1 Å². The first-order chi connectivity index (χ1) is 8.21.